The first kappa shape index (κ1) is 26.9. The van der Waals surface area contributed by atoms with Crippen molar-refractivity contribution in [1.82, 2.24) is 9.13 Å². The Kier molecular flexibility index (Phi) is 5.57. The molecule has 0 atom stereocenters. The summed E-state index contributed by atoms with van der Waals surface area (Å²) in [5, 5.41) is 10.2. The van der Waals surface area contributed by atoms with Crippen LogP contribution in [0.15, 0.2) is 170 Å². The third kappa shape index (κ3) is 3.76. The van der Waals surface area contributed by atoms with Gasteiger partial charge in [0, 0.05) is 48.1 Å². The van der Waals surface area contributed by atoms with Crippen LogP contribution in [0.5, 0.6) is 0 Å². The lowest BCUT2D eigenvalue weighted by Crippen LogP contribution is -1.95. The third-order valence-corrected chi connectivity index (χ3v) is 11.5. The second-order valence-electron chi connectivity index (χ2n) is 12.9. The second kappa shape index (κ2) is 10.2. The molecule has 0 saturated carbocycles. The van der Waals surface area contributed by atoms with Crippen LogP contribution < -0.4 is 0 Å². The third-order valence-electron chi connectivity index (χ3n) is 10.3. The van der Waals surface area contributed by atoms with E-state index in [1.165, 1.54) is 97.1 Å². The van der Waals surface area contributed by atoms with Crippen molar-refractivity contribution in [2.24, 2.45) is 0 Å². The Morgan fingerprint density at radius 3 is 1.76 bits per heavy atom. The van der Waals surface area contributed by atoms with Crippen LogP contribution >= 0.6 is 11.3 Å². The van der Waals surface area contributed by atoms with Crippen molar-refractivity contribution in [1.29, 1.82) is 0 Å². The Hall–Kier alpha value is -6.16. The van der Waals surface area contributed by atoms with Gasteiger partial charge in [0.2, 0.25) is 0 Å². The first-order chi connectivity index (χ1) is 24.3. The summed E-state index contributed by atoms with van der Waals surface area (Å²) in [6, 6.07) is 62.2. The molecule has 0 saturated heterocycles. The van der Waals surface area contributed by atoms with Crippen LogP contribution in [0.2, 0.25) is 0 Å². The molecule has 3 heteroatoms. The molecule has 0 bridgehead atoms. The largest absolute Gasteiger partial charge is 0.308 e. The van der Waals surface area contributed by atoms with Crippen molar-refractivity contribution in [2.75, 3.05) is 0 Å². The molecule has 3 heterocycles. The number of hydrogen-bond acceptors (Lipinski definition) is 1. The van der Waals surface area contributed by atoms with Gasteiger partial charge >= 0.3 is 0 Å². The summed E-state index contributed by atoms with van der Waals surface area (Å²) >= 11 is 1.91. The van der Waals surface area contributed by atoms with Crippen LogP contribution in [0, 0.1) is 0 Å². The molecule has 0 N–H and O–H groups in total. The number of nitrogens with zero attached hydrogens (tertiary/aromatic N) is 2. The molecule has 11 rings (SSSR count). The van der Waals surface area contributed by atoms with Crippen LogP contribution in [0.1, 0.15) is 0 Å². The highest BCUT2D eigenvalue weighted by Crippen LogP contribution is 2.47. The van der Waals surface area contributed by atoms with E-state index < -0.39 is 0 Å². The van der Waals surface area contributed by atoms with E-state index in [0.717, 1.165) is 0 Å². The van der Waals surface area contributed by atoms with E-state index in [9.17, 15) is 0 Å². The second-order valence-corrected chi connectivity index (χ2v) is 13.9. The van der Waals surface area contributed by atoms with Gasteiger partial charge in [-0.2, -0.15) is 0 Å². The fourth-order valence-corrected chi connectivity index (χ4v) is 9.42. The van der Waals surface area contributed by atoms with Gasteiger partial charge in [-0.15, -0.1) is 11.3 Å². The first-order valence-corrected chi connectivity index (χ1v) is 17.6. The number of thiophene rings is 1. The van der Waals surface area contributed by atoms with Gasteiger partial charge in [0.15, 0.2) is 0 Å². The van der Waals surface area contributed by atoms with Crippen LogP contribution in [-0.2, 0) is 0 Å². The van der Waals surface area contributed by atoms with Crippen molar-refractivity contribution >= 4 is 85.9 Å². The summed E-state index contributed by atoms with van der Waals surface area (Å²) in [5.41, 5.74) is 9.84. The normalized spacial score (nSPS) is 12.1. The molecule has 0 aliphatic heterocycles. The lowest BCUT2D eigenvalue weighted by Gasteiger charge is -2.12. The molecule has 3 aromatic heterocycles. The summed E-state index contributed by atoms with van der Waals surface area (Å²) in [4.78, 5) is 0. The van der Waals surface area contributed by atoms with Crippen LogP contribution in [0.3, 0.4) is 0 Å². The molecular weight excluding hydrogens is 613 g/mol. The predicted molar refractivity (Wildman–Crippen MR) is 211 cm³/mol. The average Bonchev–Trinajstić information content (AvgIpc) is 3.83. The van der Waals surface area contributed by atoms with Gasteiger partial charge in [0.25, 0.3) is 0 Å². The highest BCUT2D eigenvalue weighted by Gasteiger charge is 2.22. The van der Waals surface area contributed by atoms with Crippen molar-refractivity contribution in [2.45, 2.75) is 0 Å². The molecule has 0 fully saturated rings. The lowest BCUT2D eigenvalue weighted by atomic mass is 10.0. The standard InChI is InChI=1S/C46H28N2S/c1-2-11-29(12-3-1)30-21-23-32(24-22-30)47-40-18-8-6-17-35(40)37-25-26-38-43-42(49-46(38)45(37)47)28-27-36-34-16-7-9-19-41(34)48(44(36)43)39-20-10-14-31-13-4-5-15-33(31)39/h1-28H. The highest BCUT2D eigenvalue weighted by atomic mass is 32.1. The zero-order valence-corrected chi connectivity index (χ0v) is 27.3. The number of benzene rings is 8. The predicted octanol–water partition coefficient (Wildman–Crippen LogP) is 13.1. The molecule has 11 aromatic rings. The Balaban J connectivity index is 1.27. The maximum Gasteiger partial charge on any atom is 0.0719 e. The van der Waals surface area contributed by atoms with E-state index in [2.05, 4.69) is 179 Å². The summed E-state index contributed by atoms with van der Waals surface area (Å²) in [5.74, 6) is 0. The van der Waals surface area contributed by atoms with Crippen molar-refractivity contribution < 1.29 is 0 Å². The van der Waals surface area contributed by atoms with Crippen LogP contribution in [0.4, 0.5) is 0 Å². The van der Waals surface area contributed by atoms with E-state index in [0.29, 0.717) is 0 Å². The Morgan fingerprint density at radius 1 is 0.367 bits per heavy atom. The molecule has 2 nitrogen and oxygen atoms in total. The summed E-state index contributed by atoms with van der Waals surface area (Å²) in [6.07, 6.45) is 0. The van der Waals surface area contributed by atoms with Crippen molar-refractivity contribution in [3.05, 3.63) is 170 Å². The van der Waals surface area contributed by atoms with E-state index in [1.54, 1.807) is 0 Å². The minimum Gasteiger partial charge on any atom is -0.308 e. The monoisotopic (exact) mass is 640 g/mol. The van der Waals surface area contributed by atoms with E-state index in [-0.39, 0.29) is 0 Å². The van der Waals surface area contributed by atoms with Gasteiger partial charge in [0.1, 0.15) is 0 Å². The molecule has 0 radical (unpaired) electrons. The van der Waals surface area contributed by atoms with Gasteiger partial charge in [-0.3, -0.25) is 0 Å². The molecular formula is C46H28N2S. The van der Waals surface area contributed by atoms with Crippen LogP contribution in [-0.4, -0.2) is 9.13 Å². The summed E-state index contributed by atoms with van der Waals surface area (Å²) < 4.78 is 7.62. The minimum atomic E-state index is 1.17. The van der Waals surface area contributed by atoms with Crippen LogP contribution in [0.25, 0.3) is 97.1 Å². The SMILES string of the molecule is c1ccc(-c2ccc(-n3c4ccccc4c4ccc5c(sc6ccc7c8ccccc8n(-c8cccc9ccccc89)c7c65)c43)cc2)cc1. The van der Waals surface area contributed by atoms with Gasteiger partial charge in [0.05, 0.1) is 32.5 Å². The average molecular weight is 641 g/mol. The van der Waals surface area contributed by atoms with Gasteiger partial charge in [-0.05, 0) is 52.9 Å². The molecule has 0 spiro atoms. The molecule has 0 aliphatic carbocycles. The summed E-state index contributed by atoms with van der Waals surface area (Å²) in [7, 11) is 0. The molecule has 228 valence electrons. The zero-order valence-electron chi connectivity index (χ0n) is 26.5. The van der Waals surface area contributed by atoms with E-state index in [4.69, 9.17) is 0 Å². The molecule has 0 unspecified atom stereocenters. The molecule has 0 aliphatic rings. The fraction of sp³-hybridized carbons (Fsp3) is 0. The minimum absolute atomic E-state index is 1.17. The number of fused-ring (bicyclic) bond motifs is 12. The Morgan fingerprint density at radius 2 is 0.959 bits per heavy atom. The van der Waals surface area contributed by atoms with E-state index in [1.807, 2.05) is 11.3 Å². The molecule has 8 aromatic carbocycles. The van der Waals surface area contributed by atoms with E-state index >= 15 is 0 Å². The molecule has 49 heavy (non-hydrogen) atoms. The summed E-state index contributed by atoms with van der Waals surface area (Å²) in [6.45, 7) is 0. The topological polar surface area (TPSA) is 9.86 Å². The van der Waals surface area contributed by atoms with Crippen molar-refractivity contribution in [3.8, 4) is 22.5 Å². The number of hydrogen-bond donors (Lipinski definition) is 0. The number of para-hydroxylation sites is 2. The quantitative estimate of drug-likeness (QED) is 0.182. The molecule has 0 amide bonds. The zero-order chi connectivity index (χ0) is 32.1. The number of aromatic nitrogens is 2. The Bertz CT molecular complexity index is 3080. The first-order valence-electron chi connectivity index (χ1n) is 16.8. The smallest absolute Gasteiger partial charge is 0.0719 e. The maximum atomic E-state index is 2.52. The fourth-order valence-electron chi connectivity index (χ4n) is 8.18. The Labute approximate surface area is 286 Å². The van der Waals surface area contributed by atoms with Gasteiger partial charge in [-0.25, -0.2) is 0 Å². The number of rotatable bonds is 3. The lowest BCUT2D eigenvalue weighted by molar-refractivity contribution is 1.19. The van der Waals surface area contributed by atoms with Gasteiger partial charge in [-0.1, -0.05) is 133 Å². The maximum absolute atomic E-state index is 2.52. The van der Waals surface area contributed by atoms with Gasteiger partial charge < -0.3 is 9.13 Å². The van der Waals surface area contributed by atoms with Crippen molar-refractivity contribution in [3.63, 3.8) is 0 Å². The highest BCUT2D eigenvalue weighted by molar-refractivity contribution is 7.26.